The van der Waals surface area contributed by atoms with E-state index in [2.05, 4.69) is 5.32 Å². The second-order valence-corrected chi connectivity index (χ2v) is 5.07. The number of fused-ring (bicyclic) bond motifs is 1. The molecule has 1 aromatic carbocycles. The van der Waals surface area contributed by atoms with Gasteiger partial charge in [-0.05, 0) is 18.5 Å². The Kier molecular flexibility index (Phi) is 4.63. The van der Waals surface area contributed by atoms with Gasteiger partial charge in [0.15, 0.2) is 0 Å². The summed E-state index contributed by atoms with van der Waals surface area (Å²) < 4.78 is 30.4. The van der Waals surface area contributed by atoms with E-state index in [9.17, 15) is 8.78 Å². The van der Waals surface area contributed by atoms with Gasteiger partial charge >= 0.3 is 0 Å². The molecule has 98 valence electrons. The van der Waals surface area contributed by atoms with Gasteiger partial charge in [-0.2, -0.15) is 0 Å². The van der Waals surface area contributed by atoms with Crippen LogP contribution < -0.4 is 5.32 Å². The van der Waals surface area contributed by atoms with E-state index in [1.807, 2.05) is 31.3 Å². The Hall–Kier alpha value is -1.04. The molecule has 2 nitrogen and oxygen atoms in total. The Balaban J connectivity index is 2.24. The van der Waals surface area contributed by atoms with E-state index in [4.69, 9.17) is 4.74 Å². The maximum atomic E-state index is 12.1. The van der Waals surface area contributed by atoms with Gasteiger partial charge in [-0.25, -0.2) is 8.78 Å². The first-order valence-electron chi connectivity index (χ1n) is 5.72. The van der Waals surface area contributed by atoms with E-state index in [1.54, 1.807) is 11.3 Å². The molecule has 1 heterocycles. The first-order chi connectivity index (χ1) is 8.72. The molecule has 0 amide bonds. The third-order valence-corrected chi connectivity index (χ3v) is 3.82. The molecule has 0 aliphatic rings. The van der Waals surface area contributed by atoms with Crippen LogP contribution in [-0.2, 0) is 17.9 Å². The molecule has 2 rings (SSSR count). The molecule has 0 unspecified atom stereocenters. The zero-order chi connectivity index (χ0) is 13.0. The van der Waals surface area contributed by atoms with Crippen molar-refractivity contribution in [3.8, 4) is 0 Å². The lowest BCUT2D eigenvalue weighted by atomic mass is 10.1. The number of hydrogen-bond acceptors (Lipinski definition) is 3. The van der Waals surface area contributed by atoms with Crippen molar-refractivity contribution < 1.29 is 13.5 Å². The third kappa shape index (κ3) is 3.04. The van der Waals surface area contributed by atoms with Crippen LogP contribution in [0.25, 0.3) is 10.1 Å². The van der Waals surface area contributed by atoms with E-state index >= 15 is 0 Å². The monoisotopic (exact) mass is 271 g/mol. The van der Waals surface area contributed by atoms with Crippen molar-refractivity contribution in [1.29, 1.82) is 0 Å². The molecule has 0 aliphatic carbocycles. The molecule has 0 saturated heterocycles. The summed E-state index contributed by atoms with van der Waals surface area (Å²) >= 11 is 1.68. The predicted octanol–water partition coefficient (Wildman–Crippen LogP) is 3.40. The summed E-state index contributed by atoms with van der Waals surface area (Å²) in [4.78, 5) is 1.15. The zero-order valence-electron chi connectivity index (χ0n) is 10.1. The van der Waals surface area contributed by atoms with Crippen LogP contribution in [0.15, 0.2) is 24.3 Å². The number of rotatable bonds is 6. The lowest BCUT2D eigenvalue weighted by molar-refractivity contribution is 0.0101. The average Bonchev–Trinajstić information content (AvgIpc) is 2.68. The fourth-order valence-electron chi connectivity index (χ4n) is 1.86. The molecule has 0 fully saturated rings. The first-order valence-corrected chi connectivity index (χ1v) is 6.53. The van der Waals surface area contributed by atoms with Gasteiger partial charge in [0.25, 0.3) is 6.43 Å². The van der Waals surface area contributed by atoms with Gasteiger partial charge in [-0.3, -0.25) is 0 Å². The number of halogens is 2. The minimum atomic E-state index is -2.41. The molecular formula is C13H15F2NOS. The smallest absolute Gasteiger partial charge is 0.261 e. The maximum absolute atomic E-state index is 12.1. The Morgan fingerprint density at radius 1 is 1.33 bits per heavy atom. The Morgan fingerprint density at radius 2 is 2.11 bits per heavy atom. The summed E-state index contributed by atoms with van der Waals surface area (Å²) in [5.41, 5.74) is 1.02. The van der Waals surface area contributed by atoms with E-state index in [0.717, 1.165) is 22.4 Å². The summed E-state index contributed by atoms with van der Waals surface area (Å²) in [5, 5.41) is 4.19. The van der Waals surface area contributed by atoms with E-state index < -0.39 is 13.0 Å². The van der Waals surface area contributed by atoms with Crippen LogP contribution >= 0.6 is 11.3 Å². The Bertz CT molecular complexity index is 513. The number of alkyl halides is 2. The second kappa shape index (κ2) is 6.22. The van der Waals surface area contributed by atoms with Gasteiger partial charge in [0, 0.05) is 21.7 Å². The number of nitrogens with one attached hydrogen (secondary N) is 1. The third-order valence-electron chi connectivity index (χ3n) is 2.61. The number of thiophene rings is 1. The molecule has 2 aromatic rings. The molecule has 0 aliphatic heterocycles. The van der Waals surface area contributed by atoms with Crippen molar-refractivity contribution in [3.63, 3.8) is 0 Å². The minimum Gasteiger partial charge on any atom is -0.371 e. The van der Waals surface area contributed by atoms with E-state index in [0.29, 0.717) is 0 Å². The summed E-state index contributed by atoms with van der Waals surface area (Å²) in [5.74, 6) is 0. The van der Waals surface area contributed by atoms with Gasteiger partial charge in [-0.15, -0.1) is 11.3 Å². The van der Waals surface area contributed by atoms with Gasteiger partial charge in [0.05, 0.1) is 6.61 Å². The van der Waals surface area contributed by atoms with Crippen molar-refractivity contribution in [2.45, 2.75) is 19.6 Å². The highest BCUT2D eigenvalue weighted by Gasteiger charge is 2.12. The average molecular weight is 271 g/mol. The Labute approximate surface area is 109 Å². The molecule has 0 saturated carbocycles. The fourth-order valence-corrected chi connectivity index (χ4v) is 3.08. The van der Waals surface area contributed by atoms with Gasteiger partial charge in [0.2, 0.25) is 0 Å². The lowest BCUT2D eigenvalue weighted by Gasteiger charge is -2.06. The molecule has 0 radical (unpaired) electrons. The maximum Gasteiger partial charge on any atom is 0.261 e. The van der Waals surface area contributed by atoms with Crippen LogP contribution in [0.1, 0.15) is 10.4 Å². The highest BCUT2D eigenvalue weighted by molar-refractivity contribution is 7.19. The van der Waals surface area contributed by atoms with Crippen molar-refractivity contribution >= 4 is 21.4 Å². The molecule has 5 heteroatoms. The van der Waals surface area contributed by atoms with Crippen LogP contribution in [0, 0.1) is 0 Å². The van der Waals surface area contributed by atoms with Gasteiger partial charge < -0.3 is 10.1 Å². The molecular weight excluding hydrogens is 256 g/mol. The highest BCUT2D eigenvalue weighted by atomic mass is 32.1. The van der Waals surface area contributed by atoms with Crippen LogP contribution in [-0.4, -0.2) is 20.1 Å². The number of ether oxygens (including phenoxy) is 1. The topological polar surface area (TPSA) is 21.3 Å². The van der Waals surface area contributed by atoms with Crippen molar-refractivity contribution in [2.24, 2.45) is 0 Å². The normalized spacial score (nSPS) is 11.6. The van der Waals surface area contributed by atoms with E-state index in [-0.39, 0.29) is 6.61 Å². The molecule has 0 atom stereocenters. The fraction of sp³-hybridized carbons (Fsp3) is 0.385. The quantitative estimate of drug-likeness (QED) is 0.869. The van der Waals surface area contributed by atoms with Crippen LogP contribution in [0.3, 0.4) is 0 Å². The lowest BCUT2D eigenvalue weighted by Crippen LogP contribution is -2.08. The highest BCUT2D eigenvalue weighted by Crippen LogP contribution is 2.31. The molecule has 18 heavy (non-hydrogen) atoms. The predicted molar refractivity (Wildman–Crippen MR) is 70.2 cm³/mol. The van der Waals surface area contributed by atoms with Crippen molar-refractivity contribution in [1.82, 2.24) is 5.32 Å². The molecule has 0 bridgehead atoms. The summed E-state index contributed by atoms with van der Waals surface area (Å²) in [6, 6.07) is 7.97. The standard InChI is InChI=1S/C13H15F2NOS/c1-16-6-12-10(7-17-8-13(14)15)9-4-2-3-5-11(9)18-12/h2-5,13,16H,6-8H2,1H3. The van der Waals surface area contributed by atoms with Crippen LogP contribution in [0.5, 0.6) is 0 Å². The van der Waals surface area contributed by atoms with Crippen LogP contribution in [0.4, 0.5) is 8.78 Å². The van der Waals surface area contributed by atoms with E-state index in [1.165, 1.54) is 4.70 Å². The van der Waals surface area contributed by atoms with Gasteiger partial charge in [-0.1, -0.05) is 18.2 Å². The zero-order valence-corrected chi connectivity index (χ0v) is 10.9. The summed E-state index contributed by atoms with van der Waals surface area (Å²) in [6.07, 6.45) is -2.41. The molecule has 1 N–H and O–H groups in total. The van der Waals surface area contributed by atoms with Crippen molar-refractivity contribution in [2.75, 3.05) is 13.7 Å². The number of hydrogen-bond donors (Lipinski definition) is 1. The molecule has 0 spiro atoms. The Morgan fingerprint density at radius 3 is 2.83 bits per heavy atom. The second-order valence-electron chi connectivity index (χ2n) is 3.94. The van der Waals surface area contributed by atoms with Crippen LogP contribution in [0.2, 0.25) is 0 Å². The van der Waals surface area contributed by atoms with Crippen molar-refractivity contribution in [3.05, 3.63) is 34.7 Å². The number of benzene rings is 1. The summed E-state index contributed by atoms with van der Waals surface area (Å²) in [6.45, 7) is 0.460. The van der Waals surface area contributed by atoms with Gasteiger partial charge in [0.1, 0.15) is 6.61 Å². The first kappa shape index (κ1) is 13.4. The molecule has 1 aromatic heterocycles. The SMILES string of the molecule is CNCc1sc2ccccc2c1COCC(F)F. The minimum absolute atomic E-state index is 0.241. The largest absolute Gasteiger partial charge is 0.371 e. The summed E-state index contributed by atoms with van der Waals surface area (Å²) in [7, 11) is 1.87.